The van der Waals surface area contributed by atoms with Crippen LogP contribution in [0.4, 0.5) is 5.69 Å². The number of benzene rings is 2. The van der Waals surface area contributed by atoms with E-state index in [1.54, 1.807) is 25.3 Å². The van der Waals surface area contributed by atoms with Gasteiger partial charge in [0.1, 0.15) is 5.75 Å². The summed E-state index contributed by atoms with van der Waals surface area (Å²) >= 11 is 0. The summed E-state index contributed by atoms with van der Waals surface area (Å²) in [6.45, 7) is 0.312. The van der Waals surface area contributed by atoms with Crippen LogP contribution in [0, 0.1) is 0 Å². The number of sulfonamides is 1. The molecular weight excluding hydrogens is 316 g/mol. The smallest absolute Gasteiger partial charge is 0.251 e. The van der Waals surface area contributed by atoms with Crippen LogP contribution < -0.4 is 14.8 Å². The lowest BCUT2D eigenvalue weighted by Gasteiger charge is -2.10. The van der Waals surface area contributed by atoms with Crippen LogP contribution in [0.25, 0.3) is 0 Å². The van der Waals surface area contributed by atoms with Gasteiger partial charge in [0.15, 0.2) is 0 Å². The highest BCUT2D eigenvalue weighted by atomic mass is 32.2. The molecule has 0 aliphatic rings. The maximum atomic E-state index is 12.2. The minimum absolute atomic E-state index is 0.298. The van der Waals surface area contributed by atoms with Gasteiger partial charge >= 0.3 is 0 Å². The Morgan fingerprint density at radius 1 is 1.13 bits per heavy atom. The molecular formula is C16H18N2O4S. The Labute approximate surface area is 135 Å². The maximum Gasteiger partial charge on any atom is 0.251 e. The molecule has 0 bridgehead atoms. The Balaban J connectivity index is 2.08. The normalized spacial score (nSPS) is 10.9. The summed E-state index contributed by atoms with van der Waals surface area (Å²) in [6.07, 6.45) is 1.06. The second kappa shape index (κ2) is 7.15. The molecule has 7 heteroatoms. The van der Waals surface area contributed by atoms with Gasteiger partial charge in [-0.2, -0.15) is 0 Å². The standard InChI is InChI=1S/C16H18N2O4S/c1-22-15-9-4-3-6-13(15)11-17-16(19)12-7-5-8-14(10-12)18-23(2,20)21/h3-10,18H,11H2,1-2H3,(H,17,19). The fourth-order valence-electron chi connectivity index (χ4n) is 2.06. The van der Waals surface area contributed by atoms with Crippen molar-refractivity contribution in [2.45, 2.75) is 6.54 Å². The fourth-order valence-corrected chi connectivity index (χ4v) is 2.62. The first-order valence-corrected chi connectivity index (χ1v) is 8.76. The number of carbonyl (C=O) groups is 1. The van der Waals surface area contributed by atoms with E-state index in [4.69, 9.17) is 4.74 Å². The van der Waals surface area contributed by atoms with Crippen molar-refractivity contribution in [3.05, 3.63) is 59.7 Å². The van der Waals surface area contributed by atoms with Crippen molar-refractivity contribution in [3.63, 3.8) is 0 Å². The molecule has 0 radical (unpaired) electrons. The Bertz CT molecular complexity index is 803. The zero-order chi connectivity index (χ0) is 16.9. The van der Waals surface area contributed by atoms with Crippen molar-refractivity contribution in [2.24, 2.45) is 0 Å². The van der Waals surface area contributed by atoms with Gasteiger partial charge in [0.2, 0.25) is 10.0 Å². The van der Waals surface area contributed by atoms with Crippen molar-refractivity contribution >= 4 is 21.6 Å². The first-order chi connectivity index (χ1) is 10.9. The molecule has 0 aliphatic heterocycles. The van der Waals surface area contributed by atoms with Gasteiger partial charge in [-0.15, -0.1) is 0 Å². The van der Waals surface area contributed by atoms with Gasteiger partial charge in [-0.25, -0.2) is 8.42 Å². The third-order valence-corrected chi connectivity index (χ3v) is 3.67. The fraction of sp³-hybridized carbons (Fsp3) is 0.188. The van der Waals surface area contributed by atoms with E-state index in [-0.39, 0.29) is 5.91 Å². The minimum Gasteiger partial charge on any atom is -0.496 e. The van der Waals surface area contributed by atoms with Crippen LogP contribution in [-0.4, -0.2) is 27.7 Å². The summed E-state index contributed by atoms with van der Waals surface area (Å²) in [4.78, 5) is 12.2. The summed E-state index contributed by atoms with van der Waals surface area (Å²) in [6, 6.07) is 13.7. The second-order valence-electron chi connectivity index (χ2n) is 4.95. The van der Waals surface area contributed by atoms with E-state index in [1.807, 2.05) is 24.3 Å². The van der Waals surface area contributed by atoms with Crippen molar-refractivity contribution < 1.29 is 17.9 Å². The Morgan fingerprint density at radius 2 is 1.87 bits per heavy atom. The van der Waals surface area contributed by atoms with E-state index in [2.05, 4.69) is 10.0 Å². The van der Waals surface area contributed by atoms with E-state index in [0.717, 1.165) is 11.8 Å². The van der Waals surface area contributed by atoms with Crippen molar-refractivity contribution in [3.8, 4) is 5.75 Å². The number of hydrogen-bond acceptors (Lipinski definition) is 4. The van der Waals surface area contributed by atoms with Crippen LogP contribution in [0.3, 0.4) is 0 Å². The maximum absolute atomic E-state index is 12.2. The molecule has 2 aromatic rings. The quantitative estimate of drug-likeness (QED) is 0.846. The molecule has 0 fully saturated rings. The van der Waals surface area contributed by atoms with Crippen molar-refractivity contribution in [2.75, 3.05) is 18.1 Å². The summed E-state index contributed by atoms with van der Waals surface area (Å²) < 4.78 is 30.0. The number of carbonyl (C=O) groups excluding carboxylic acids is 1. The van der Waals surface area contributed by atoms with Crippen LogP contribution in [0.1, 0.15) is 15.9 Å². The predicted molar refractivity (Wildman–Crippen MR) is 89.1 cm³/mol. The molecule has 0 spiro atoms. The minimum atomic E-state index is -3.38. The van der Waals surface area contributed by atoms with E-state index in [1.165, 1.54) is 6.07 Å². The molecule has 0 saturated heterocycles. The molecule has 0 atom stereocenters. The zero-order valence-electron chi connectivity index (χ0n) is 12.9. The highest BCUT2D eigenvalue weighted by Gasteiger charge is 2.09. The van der Waals surface area contributed by atoms with Crippen LogP contribution in [0.5, 0.6) is 5.75 Å². The number of nitrogens with one attached hydrogen (secondary N) is 2. The van der Waals surface area contributed by atoms with Gasteiger partial charge < -0.3 is 10.1 Å². The topological polar surface area (TPSA) is 84.5 Å². The lowest BCUT2D eigenvalue weighted by molar-refractivity contribution is 0.0950. The SMILES string of the molecule is COc1ccccc1CNC(=O)c1cccc(NS(C)(=O)=O)c1. The van der Waals surface area contributed by atoms with Crippen LogP contribution in [0.15, 0.2) is 48.5 Å². The Hall–Kier alpha value is -2.54. The highest BCUT2D eigenvalue weighted by molar-refractivity contribution is 7.92. The summed E-state index contributed by atoms with van der Waals surface area (Å²) in [5, 5.41) is 2.78. The molecule has 1 amide bonds. The molecule has 0 aliphatic carbocycles. The molecule has 0 heterocycles. The molecule has 6 nitrogen and oxygen atoms in total. The third-order valence-electron chi connectivity index (χ3n) is 3.06. The molecule has 0 saturated carbocycles. The van der Waals surface area contributed by atoms with Crippen LogP contribution in [-0.2, 0) is 16.6 Å². The first-order valence-electron chi connectivity index (χ1n) is 6.87. The molecule has 0 aromatic heterocycles. The van der Waals surface area contributed by atoms with Gasteiger partial charge in [-0.3, -0.25) is 9.52 Å². The molecule has 2 N–H and O–H groups in total. The van der Waals surface area contributed by atoms with Crippen molar-refractivity contribution in [1.29, 1.82) is 0 Å². The lowest BCUT2D eigenvalue weighted by atomic mass is 10.1. The average molecular weight is 334 g/mol. The Kier molecular flexibility index (Phi) is 5.23. The van der Waals surface area contributed by atoms with E-state index in [0.29, 0.717) is 23.5 Å². The predicted octanol–water partition coefficient (Wildman–Crippen LogP) is 2.00. The number of methoxy groups -OCH3 is 1. The average Bonchev–Trinajstić information content (AvgIpc) is 2.51. The lowest BCUT2D eigenvalue weighted by Crippen LogP contribution is -2.23. The number of ether oxygens (including phenoxy) is 1. The molecule has 23 heavy (non-hydrogen) atoms. The molecule has 2 aromatic carbocycles. The van der Waals surface area contributed by atoms with E-state index < -0.39 is 10.0 Å². The molecule has 122 valence electrons. The first kappa shape index (κ1) is 16.8. The van der Waals surface area contributed by atoms with Crippen molar-refractivity contribution in [1.82, 2.24) is 5.32 Å². The van der Waals surface area contributed by atoms with Gasteiger partial charge in [0.25, 0.3) is 5.91 Å². The van der Waals surface area contributed by atoms with Gasteiger partial charge in [0, 0.05) is 23.4 Å². The van der Waals surface area contributed by atoms with Crippen LogP contribution >= 0.6 is 0 Å². The summed E-state index contributed by atoms with van der Waals surface area (Å²) in [5.74, 6) is 0.397. The van der Waals surface area contributed by atoms with Crippen LogP contribution in [0.2, 0.25) is 0 Å². The number of amides is 1. The number of anilines is 1. The van der Waals surface area contributed by atoms with E-state index >= 15 is 0 Å². The third kappa shape index (κ3) is 5.00. The zero-order valence-corrected chi connectivity index (χ0v) is 13.7. The number of rotatable bonds is 6. The number of hydrogen-bond donors (Lipinski definition) is 2. The van der Waals surface area contributed by atoms with Gasteiger partial charge in [0.05, 0.1) is 13.4 Å². The second-order valence-corrected chi connectivity index (χ2v) is 6.70. The summed E-state index contributed by atoms with van der Waals surface area (Å²) in [5.41, 5.74) is 1.57. The highest BCUT2D eigenvalue weighted by Crippen LogP contribution is 2.17. The Morgan fingerprint density at radius 3 is 2.57 bits per heavy atom. The van der Waals surface area contributed by atoms with Gasteiger partial charge in [-0.1, -0.05) is 24.3 Å². The monoisotopic (exact) mass is 334 g/mol. The largest absolute Gasteiger partial charge is 0.496 e. The number of para-hydroxylation sites is 1. The molecule has 2 rings (SSSR count). The van der Waals surface area contributed by atoms with Gasteiger partial charge in [-0.05, 0) is 24.3 Å². The van der Waals surface area contributed by atoms with E-state index in [9.17, 15) is 13.2 Å². The summed E-state index contributed by atoms with van der Waals surface area (Å²) in [7, 11) is -1.81. The molecule has 0 unspecified atom stereocenters.